The SMILES string of the molecule is CC(C)CCCC(C)CCCC(C)CCCC(C)CCSCc1c(-c2ccc(F)cc2)oc2cc(O)cc(O)c2c1=O. The smallest absolute Gasteiger partial charge is 0.201 e. The first kappa shape index (κ1) is 34.0. The summed E-state index contributed by atoms with van der Waals surface area (Å²) < 4.78 is 19.6. The number of hydrogen-bond acceptors (Lipinski definition) is 5. The van der Waals surface area contributed by atoms with Gasteiger partial charge in [0.05, 0.1) is 5.56 Å². The molecule has 4 nitrogen and oxygen atoms in total. The van der Waals surface area contributed by atoms with Crippen LogP contribution in [-0.2, 0) is 5.75 Å². The Kier molecular flexibility index (Phi) is 13.8. The van der Waals surface area contributed by atoms with Crippen molar-refractivity contribution in [2.75, 3.05) is 5.75 Å². The fourth-order valence-corrected chi connectivity index (χ4v) is 6.86. The third kappa shape index (κ3) is 10.7. The molecule has 0 aliphatic carbocycles. The first-order valence-electron chi connectivity index (χ1n) is 15.9. The standard InChI is InChI=1S/C36H51FO4S/c1-24(2)9-6-10-25(3)11-7-12-26(4)13-8-14-27(5)19-20-42-23-31-35(40)34-32(39)21-30(38)22-33(34)41-36(31)28-15-17-29(37)18-16-28/h15-18,21-22,24-27,38-39H,6-14,19-20,23H2,1-5H3. The van der Waals surface area contributed by atoms with Crippen LogP contribution in [-0.4, -0.2) is 16.0 Å². The highest BCUT2D eigenvalue weighted by Crippen LogP contribution is 2.34. The quantitative estimate of drug-likeness (QED) is 0.143. The van der Waals surface area contributed by atoms with Gasteiger partial charge in [-0.3, -0.25) is 4.79 Å². The van der Waals surface area contributed by atoms with Crippen molar-refractivity contribution < 1.29 is 19.0 Å². The number of thioether (sulfide) groups is 1. The van der Waals surface area contributed by atoms with E-state index in [1.807, 2.05) is 0 Å². The average molecular weight is 599 g/mol. The van der Waals surface area contributed by atoms with Crippen LogP contribution in [0.5, 0.6) is 11.5 Å². The fraction of sp³-hybridized carbons (Fsp3) is 0.583. The van der Waals surface area contributed by atoms with Crippen LogP contribution in [0.1, 0.15) is 104 Å². The predicted molar refractivity (Wildman–Crippen MR) is 176 cm³/mol. The number of aromatic hydroxyl groups is 2. The Morgan fingerprint density at radius 1 is 0.786 bits per heavy atom. The van der Waals surface area contributed by atoms with Gasteiger partial charge in [-0.05, 0) is 60.1 Å². The second-order valence-corrected chi connectivity index (χ2v) is 14.0. The van der Waals surface area contributed by atoms with Gasteiger partial charge in [-0.25, -0.2) is 4.39 Å². The lowest BCUT2D eigenvalue weighted by Gasteiger charge is -2.16. The minimum absolute atomic E-state index is 0.0531. The summed E-state index contributed by atoms with van der Waals surface area (Å²) in [5, 5.41) is 20.3. The zero-order valence-electron chi connectivity index (χ0n) is 26.3. The molecule has 0 bridgehead atoms. The largest absolute Gasteiger partial charge is 0.508 e. The highest BCUT2D eigenvalue weighted by molar-refractivity contribution is 7.98. The summed E-state index contributed by atoms with van der Waals surface area (Å²) in [5.74, 6) is 3.86. The number of hydrogen-bond donors (Lipinski definition) is 2. The van der Waals surface area contributed by atoms with E-state index in [1.165, 1.54) is 76.0 Å². The van der Waals surface area contributed by atoms with Crippen LogP contribution in [0.15, 0.2) is 45.6 Å². The number of benzene rings is 2. The summed E-state index contributed by atoms with van der Waals surface area (Å²) in [5.41, 5.74) is 0.796. The Morgan fingerprint density at radius 2 is 1.33 bits per heavy atom. The molecule has 3 unspecified atom stereocenters. The molecule has 1 aromatic heterocycles. The lowest BCUT2D eigenvalue weighted by atomic mass is 9.91. The lowest BCUT2D eigenvalue weighted by Crippen LogP contribution is -2.11. The molecule has 0 saturated carbocycles. The van der Waals surface area contributed by atoms with Gasteiger partial charge in [0.15, 0.2) is 0 Å². The number of phenols is 2. The summed E-state index contributed by atoms with van der Waals surface area (Å²) in [6.07, 6.45) is 12.9. The van der Waals surface area contributed by atoms with Crippen LogP contribution < -0.4 is 5.43 Å². The highest BCUT2D eigenvalue weighted by atomic mass is 32.2. The first-order valence-corrected chi connectivity index (χ1v) is 17.1. The summed E-state index contributed by atoms with van der Waals surface area (Å²) >= 11 is 1.67. The molecule has 3 rings (SSSR count). The molecule has 42 heavy (non-hydrogen) atoms. The Morgan fingerprint density at radius 3 is 1.90 bits per heavy atom. The third-order valence-corrected chi connectivity index (χ3v) is 9.44. The molecule has 0 amide bonds. The topological polar surface area (TPSA) is 70.7 Å². The second kappa shape index (κ2) is 17.0. The molecular formula is C36H51FO4S. The van der Waals surface area contributed by atoms with Crippen molar-refractivity contribution in [1.82, 2.24) is 0 Å². The first-order chi connectivity index (χ1) is 20.0. The van der Waals surface area contributed by atoms with Gasteiger partial charge in [-0.1, -0.05) is 92.4 Å². The molecule has 1 heterocycles. The van der Waals surface area contributed by atoms with Crippen LogP contribution in [0.25, 0.3) is 22.3 Å². The van der Waals surface area contributed by atoms with Gasteiger partial charge in [0.2, 0.25) is 5.43 Å². The van der Waals surface area contributed by atoms with Crippen LogP contribution in [0.2, 0.25) is 0 Å². The minimum Gasteiger partial charge on any atom is -0.508 e. The van der Waals surface area contributed by atoms with Crippen molar-refractivity contribution in [3.05, 3.63) is 58.0 Å². The maximum Gasteiger partial charge on any atom is 0.201 e. The summed E-state index contributed by atoms with van der Waals surface area (Å²) in [6, 6.07) is 8.27. The molecule has 3 atom stereocenters. The van der Waals surface area contributed by atoms with Gasteiger partial charge in [0.1, 0.15) is 34.0 Å². The van der Waals surface area contributed by atoms with E-state index in [9.17, 15) is 19.4 Å². The maximum atomic E-state index is 13.6. The van der Waals surface area contributed by atoms with Gasteiger partial charge in [0, 0.05) is 23.4 Å². The van der Waals surface area contributed by atoms with E-state index in [0.717, 1.165) is 36.0 Å². The van der Waals surface area contributed by atoms with Crippen molar-refractivity contribution in [3.63, 3.8) is 0 Å². The van der Waals surface area contributed by atoms with Crippen molar-refractivity contribution in [1.29, 1.82) is 0 Å². The Hall–Kier alpha value is -2.47. The van der Waals surface area contributed by atoms with Crippen molar-refractivity contribution in [2.24, 2.45) is 23.7 Å². The van der Waals surface area contributed by atoms with Gasteiger partial charge in [-0.2, -0.15) is 11.8 Å². The van der Waals surface area contributed by atoms with Crippen LogP contribution in [0.3, 0.4) is 0 Å². The second-order valence-electron chi connectivity index (χ2n) is 12.9. The van der Waals surface area contributed by atoms with E-state index in [-0.39, 0.29) is 33.7 Å². The predicted octanol–water partition coefficient (Wildman–Crippen LogP) is 10.7. The molecule has 0 radical (unpaired) electrons. The van der Waals surface area contributed by atoms with Gasteiger partial charge < -0.3 is 14.6 Å². The zero-order valence-corrected chi connectivity index (χ0v) is 27.1. The number of phenolic OH excluding ortho intramolecular Hbond substituents is 2. The minimum atomic E-state index is -0.376. The van der Waals surface area contributed by atoms with Gasteiger partial charge >= 0.3 is 0 Å². The monoisotopic (exact) mass is 598 g/mol. The molecule has 0 spiro atoms. The van der Waals surface area contributed by atoms with Gasteiger partial charge in [0.25, 0.3) is 0 Å². The number of halogens is 1. The van der Waals surface area contributed by atoms with E-state index in [2.05, 4.69) is 34.6 Å². The number of rotatable bonds is 18. The molecule has 6 heteroatoms. The van der Waals surface area contributed by atoms with E-state index >= 15 is 0 Å². The van der Waals surface area contributed by atoms with E-state index < -0.39 is 0 Å². The molecular weight excluding hydrogens is 547 g/mol. The molecule has 0 aliphatic heterocycles. The van der Waals surface area contributed by atoms with E-state index in [0.29, 0.717) is 28.6 Å². The third-order valence-electron chi connectivity index (χ3n) is 8.43. The van der Waals surface area contributed by atoms with Crippen molar-refractivity contribution >= 4 is 22.7 Å². The van der Waals surface area contributed by atoms with E-state index in [1.54, 1.807) is 23.9 Å². The zero-order chi connectivity index (χ0) is 30.6. The van der Waals surface area contributed by atoms with Crippen LogP contribution in [0, 0.1) is 29.5 Å². The summed E-state index contributed by atoms with van der Waals surface area (Å²) in [7, 11) is 0. The Balaban J connectivity index is 1.46. The summed E-state index contributed by atoms with van der Waals surface area (Å²) in [6.45, 7) is 11.7. The van der Waals surface area contributed by atoms with E-state index in [4.69, 9.17) is 4.42 Å². The average Bonchev–Trinajstić information content (AvgIpc) is 2.91. The maximum absolute atomic E-state index is 13.6. The molecule has 2 N–H and O–H groups in total. The molecule has 0 saturated heterocycles. The van der Waals surface area contributed by atoms with Crippen LogP contribution >= 0.6 is 11.8 Å². The number of fused-ring (bicyclic) bond motifs is 1. The normalized spacial score (nSPS) is 14.0. The molecule has 2 aromatic carbocycles. The fourth-order valence-electron chi connectivity index (χ4n) is 5.68. The van der Waals surface area contributed by atoms with Crippen molar-refractivity contribution in [2.45, 2.75) is 105 Å². The van der Waals surface area contributed by atoms with Gasteiger partial charge in [-0.15, -0.1) is 0 Å². The molecule has 0 aliphatic rings. The van der Waals surface area contributed by atoms with Crippen LogP contribution in [0.4, 0.5) is 4.39 Å². The molecule has 3 aromatic rings. The molecule has 0 fully saturated rings. The molecule has 232 valence electrons. The Labute approximate surface area is 256 Å². The summed E-state index contributed by atoms with van der Waals surface area (Å²) in [4.78, 5) is 13.4. The Bertz CT molecular complexity index is 1300. The lowest BCUT2D eigenvalue weighted by molar-refractivity contribution is 0.377. The highest BCUT2D eigenvalue weighted by Gasteiger charge is 2.19. The van der Waals surface area contributed by atoms with Crippen molar-refractivity contribution in [3.8, 4) is 22.8 Å².